The lowest BCUT2D eigenvalue weighted by atomic mass is 10.1. The first kappa shape index (κ1) is 20.4. The summed E-state index contributed by atoms with van der Waals surface area (Å²) in [5, 5.41) is 5.72. The fourth-order valence-electron chi connectivity index (χ4n) is 4.88. The number of hydrogen-bond donors (Lipinski definition) is 2. The average Bonchev–Trinajstić information content (AvgIpc) is 3.46. The van der Waals surface area contributed by atoms with Gasteiger partial charge in [-0.1, -0.05) is 0 Å². The van der Waals surface area contributed by atoms with E-state index in [4.69, 9.17) is 4.98 Å². The molecule has 1 atom stereocenters. The molecule has 4 amide bonds. The van der Waals surface area contributed by atoms with Gasteiger partial charge in [-0.2, -0.15) is 0 Å². The lowest BCUT2D eigenvalue weighted by Crippen LogP contribution is -2.48. The largest absolute Gasteiger partial charge is 0.366 e. The van der Waals surface area contributed by atoms with E-state index in [1.165, 1.54) is 0 Å². The Labute approximate surface area is 196 Å². The maximum absolute atomic E-state index is 13.5. The molecular formula is C24H24N8O2. The van der Waals surface area contributed by atoms with Crippen molar-refractivity contribution in [1.29, 1.82) is 0 Å². The average molecular weight is 457 g/mol. The first-order valence-corrected chi connectivity index (χ1v) is 11.4. The van der Waals surface area contributed by atoms with E-state index in [2.05, 4.69) is 25.5 Å². The molecule has 2 bridgehead atoms. The van der Waals surface area contributed by atoms with Crippen molar-refractivity contribution in [1.82, 2.24) is 20.3 Å². The van der Waals surface area contributed by atoms with Gasteiger partial charge in [0, 0.05) is 55.9 Å². The summed E-state index contributed by atoms with van der Waals surface area (Å²) in [7, 11) is 0. The van der Waals surface area contributed by atoms with E-state index in [1.54, 1.807) is 34.3 Å². The monoisotopic (exact) mass is 456 g/mol. The van der Waals surface area contributed by atoms with Crippen LogP contribution in [0.4, 0.5) is 32.6 Å². The first-order valence-electron chi connectivity index (χ1n) is 11.4. The number of nitrogens with one attached hydrogen (secondary N) is 2. The molecule has 2 saturated heterocycles. The maximum Gasteiger partial charge on any atom is 0.329 e. The molecule has 6 rings (SSSR count). The Morgan fingerprint density at radius 2 is 2.00 bits per heavy atom. The first-order chi connectivity index (χ1) is 16.6. The van der Waals surface area contributed by atoms with Gasteiger partial charge in [-0.3, -0.25) is 20.1 Å². The summed E-state index contributed by atoms with van der Waals surface area (Å²) in [5.41, 5.74) is 4.31. The Kier molecular flexibility index (Phi) is 4.79. The van der Waals surface area contributed by atoms with Gasteiger partial charge >= 0.3 is 12.1 Å². The van der Waals surface area contributed by atoms with E-state index in [9.17, 15) is 9.59 Å². The van der Waals surface area contributed by atoms with Gasteiger partial charge in [-0.25, -0.2) is 19.6 Å². The Balaban J connectivity index is 1.32. The minimum atomic E-state index is -0.279. The van der Waals surface area contributed by atoms with E-state index < -0.39 is 0 Å². The second-order valence-corrected chi connectivity index (χ2v) is 8.70. The molecule has 0 spiro atoms. The zero-order valence-corrected chi connectivity index (χ0v) is 18.7. The highest BCUT2D eigenvalue weighted by atomic mass is 16.2. The second-order valence-electron chi connectivity index (χ2n) is 8.70. The second kappa shape index (κ2) is 7.98. The van der Waals surface area contributed by atoms with Gasteiger partial charge in [0.1, 0.15) is 5.82 Å². The summed E-state index contributed by atoms with van der Waals surface area (Å²) in [6.07, 6.45) is 4.23. The van der Waals surface area contributed by atoms with Gasteiger partial charge in [0.05, 0.1) is 23.1 Å². The molecule has 0 saturated carbocycles. The van der Waals surface area contributed by atoms with Crippen LogP contribution in [0.15, 0.2) is 48.8 Å². The summed E-state index contributed by atoms with van der Waals surface area (Å²) in [6, 6.07) is 11.0. The number of urea groups is 2. The van der Waals surface area contributed by atoms with Crippen LogP contribution in [0.5, 0.6) is 0 Å². The molecule has 3 aromatic rings. The van der Waals surface area contributed by atoms with Crippen molar-refractivity contribution in [2.24, 2.45) is 0 Å². The summed E-state index contributed by atoms with van der Waals surface area (Å²) in [4.78, 5) is 44.7. The van der Waals surface area contributed by atoms with E-state index >= 15 is 0 Å². The van der Waals surface area contributed by atoms with E-state index in [0.717, 1.165) is 42.1 Å². The molecule has 172 valence electrons. The summed E-state index contributed by atoms with van der Waals surface area (Å²) >= 11 is 0. The molecule has 2 N–H and O–H groups in total. The van der Waals surface area contributed by atoms with Crippen LogP contribution < -0.4 is 25.3 Å². The Hall–Kier alpha value is -4.21. The predicted molar refractivity (Wildman–Crippen MR) is 129 cm³/mol. The topological polar surface area (TPSA) is 107 Å². The highest BCUT2D eigenvalue weighted by Crippen LogP contribution is 2.40. The molecule has 2 fully saturated rings. The molecule has 3 aliphatic heterocycles. The summed E-state index contributed by atoms with van der Waals surface area (Å²) in [5.74, 6) is 1.04. The zero-order valence-electron chi connectivity index (χ0n) is 18.7. The molecule has 34 heavy (non-hydrogen) atoms. The maximum atomic E-state index is 13.5. The lowest BCUT2D eigenvalue weighted by molar-refractivity contribution is 0.252. The molecule has 10 nitrogen and oxygen atoms in total. The van der Waals surface area contributed by atoms with E-state index in [1.807, 2.05) is 31.2 Å². The number of aromatic nitrogens is 3. The molecule has 10 heteroatoms. The van der Waals surface area contributed by atoms with Crippen molar-refractivity contribution in [2.75, 3.05) is 46.2 Å². The Morgan fingerprint density at radius 3 is 2.82 bits per heavy atom. The van der Waals surface area contributed by atoms with E-state index in [0.29, 0.717) is 30.4 Å². The minimum absolute atomic E-state index is 0.0296. The van der Waals surface area contributed by atoms with Crippen LogP contribution in [0.25, 0.3) is 11.3 Å². The number of pyridine rings is 3. The fourth-order valence-corrected chi connectivity index (χ4v) is 4.88. The quantitative estimate of drug-likeness (QED) is 0.628. The third-order valence-corrected chi connectivity index (χ3v) is 6.51. The third kappa shape index (κ3) is 3.47. The SMILES string of the molecule is Cc1cc(-c2ccc3c(n2)N(C(=O)Nc2cc(N4CCNC4=O)ccn2)[C@H]2CCN3C2)ccn1. The van der Waals surface area contributed by atoms with Crippen molar-refractivity contribution < 1.29 is 9.59 Å². The van der Waals surface area contributed by atoms with Crippen molar-refractivity contribution >= 4 is 35.1 Å². The number of hydrogen-bond acceptors (Lipinski definition) is 6. The van der Waals surface area contributed by atoms with Crippen molar-refractivity contribution in [3.8, 4) is 11.3 Å². The van der Waals surface area contributed by atoms with Crippen LogP contribution in [0.2, 0.25) is 0 Å². The van der Waals surface area contributed by atoms with Gasteiger partial charge < -0.3 is 10.2 Å². The predicted octanol–water partition coefficient (Wildman–Crippen LogP) is 3.01. The normalized spacial score (nSPS) is 18.7. The number of anilines is 4. The minimum Gasteiger partial charge on any atom is -0.366 e. The van der Waals surface area contributed by atoms with Gasteiger partial charge in [0.25, 0.3) is 0 Å². The van der Waals surface area contributed by atoms with E-state index in [-0.39, 0.29) is 18.1 Å². The summed E-state index contributed by atoms with van der Waals surface area (Å²) in [6.45, 7) is 4.78. The Morgan fingerprint density at radius 1 is 1.12 bits per heavy atom. The van der Waals surface area contributed by atoms with Crippen LogP contribution >= 0.6 is 0 Å². The van der Waals surface area contributed by atoms with Crippen molar-refractivity contribution in [2.45, 2.75) is 19.4 Å². The molecule has 0 unspecified atom stereocenters. The standard InChI is InChI=1S/C24H24N8O2/c1-15-12-16(4-7-25-15)19-2-3-20-22(28-19)32(18-6-10-30(20)14-18)24(34)29-21-13-17(5-8-26-21)31-11-9-27-23(31)33/h2-5,7-8,12-13,18H,6,9-11,14H2,1H3,(H,27,33)(H,26,29,34)/t18-/m0/s1. The molecule has 0 aromatic carbocycles. The highest BCUT2D eigenvalue weighted by molar-refractivity contribution is 6.05. The summed E-state index contributed by atoms with van der Waals surface area (Å²) < 4.78 is 0. The van der Waals surface area contributed by atoms with Crippen LogP contribution in [0.1, 0.15) is 12.1 Å². The van der Waals surface area contributed by atoms with Crippen LogP contribution in [-0.4, -0.2) is 59.2 Å². The van der Waals surface area contributed by atoms with Gasteiger partial charge in [-0.05, 0) is 43.7 Å². The molecule has 3 aromatic heterocycles. The fraction of sp³-hybridized carbons (Fsp3) is 0.292. The van der Waals surface area contributed by atoms with Crippen molar-refractivity contribution in [3.63, 3.8) is 0 Å². The Bertz CT molecular complexity index is 1300. The number of amides is 4. The lowest BCUT2D eigenvalue weighted by Gasteiger charge is -2.35. The molecular weight excluding hydrogens is 432 g/mol. The number of carbonyl (C=O) groups is 2. The number of fused-ring (bicyclic) bond motifs is 4. The number of aryl methyl sites for hydroxylation is 1. The van der Waals surface area contributed by atoms with Gasteiger partial charge in [0.2, 0.25) is 0 Å². The molecule has 0 aliphatic carbocycles. The highest BCUT2D eigenvalue weighted by Gasteiger charge is 2.40. The van der Waals surface area contributed by atoms with Crippen molar-refractivity contribution in [3.05, 3.63) is 54.5 Å². The molecule has 3 aliphatic rings. The molecule has 0 radical (unpaired) electrons. The number of rotatable bonds is 3. The van der Waals surface area contributed by atoms with Crippen LogP contribution in [0, 0.1) is 6.92 Å². The number of carbonyl (C=O) groups excluding carboxylic acids is 2. The number of nitrogens with zero attached hydrogens (tertiary/aromatic N) is 6. The molecule has 6 heterocycles. The van der Waals surface area contributed by atoms with Gasteiger partial charge in [-0.15, -0.1) is 0 Å². The third-order valence-electron chi connectivity index (χ3n) is 6.51. The van der Waals surface area contributed by atoms with Crippen LogP contribution in [-0.2, 0) is 0 Å². The van der Waals surface area contributed by atoms with Crippen LogP contribution in [0.3, 0.4) is 0 Å². The zero-order chi connectivity index (χ0) is 23.2. The smallest absolute Gasteiger partial charge is 0.329 e. The van der Waals surface area contributed by atoms with Gasteiger partial charge in [0.15, 0.2) is 5.82 Å².